The highest BCUT2D eigenvalue weighted by molar-refractivity contribution is 6.05. The maximum Gasteiger partial charge on any atom is 0.255 e. The maximum absolute atomic E-state index is 12.4. The molecule has 2 aromatic carbocycles. The topological polar surface area (TPSA) is 58.1 Å². The first-order valence-electron chi connectivity index (χ1n) is 8.58. The molecule has 25 heavy (non-hydrogen) atoms. The molecule has 1 fully saturated rings. The lowest BCUT2D eigenvalue weighted by molar-refractivity contribution is 0.102. The molecule has 0 unspecified atom stereocenters. The van der Waals surface area contributed by atoms with Crippen molar-refractivity contribution in [3.8, 4) is 0 Å². The van der Waals surface area contributed by atoms with Crippen LogP contribution in [-0.4, -0.2) is 29.0 Å². The Bertz CT molecular complexity index is 932. The monoisotopic (exact) mass is 332 g/mol. The summed E-state index contributed by atoms with van der Waals surface area (Å²) in [5.74, 6) is 0.871. The zero-order valence-corrected chi connectivity index (χ0v) is 14.2. The minimum Gasteiger partial charge on any atom is -0.356 e. The Hall–Kier alpha value is -2.95. The zero-order chi connectivity index (χ0) is 17.2. The molecule has 1 N–H and O–H groups in total. The Labute approximate surface area is 146 Å². The van der Waals surface area contributed by atoms with Crippen LogP contribution in [-0.2, 0) is 0 Å². The molecule has 1 saturated heterocycles. The molecule has 126 valence electrons. The van der Waals surface area contributed by atoms with Gasteiger partial charge in [0.25, 0.3) is 5.91 Å². The lowest BCUT2D eigenvalue weighted by atomic mass is 10.1. The first-order valence-corrected chi connectivity index (χ1v) is 8.58. The Balaban J connectivity index is 1.62. The number of hydrogen-bond acceptors (Lipinski definition) is 4. The van der Waals surface area contributed by atoms with Crippen LogP contribution in [0.4, 0.5) is 11.5 Å². The first-order chi connectivity index (χ1) is 12.2. The third-order valence-electron chi connectivity index (χ3n) is 4.56. The van der Waals surface area contributed by atoms with Gasteiger partial charge in [-0.25, -0.2) is 9.97 Å². The van der Waals surface area contributed by atoms with Crippen molar-refractivity contribution >= 4 is 28.3 Å². The number of fused-ring (bicyclic) bond motifs is 1. The van der Waals surface area contributed by atoms with Crippen LogP contribution >= 0.6 is 0 Å². The number of amides is 1. The molecule has 1 amide bonds. The van der Waals surface area contributed by atoms with Crippen molar-refractivity contribution in [3.05, 3.63) is 59.9 Å². The van der Waals surface area contributed by atoms with Gasteiger partial charge < -0.3 is 10.2 Å². The van der Waals surface area contributed by atoms with Gasteiger partial charge in [0.1, 0.15) is 12.1 Å². The van der Waals surface area contributed by atoms with Gasteiger partial charge in [-0.3, -0.25) is 4.79 Å². The number of nitrogens with zero attached hydrogens (tertiary/aromatic N) is 3. The van der Waals surface area contributed by atoms with Crippen molar-refractivity contribution in [3.63, 3.8) is 0 Å². The second-order valence-corrected chi connectivity index (χ2v) is 6.45. The van der Waals surface area contributed by atoms with Crippen molar-refractivity contribution < 1.29 is 4.79 Å². The van der Waals surface area contributed by atoms with E-state index in [4.69, 9.17) is 0 Å². The molecule has 1 aliphatic heterocycles. The van der Waals surface area contributed by atoms with Gasteiger partial charge in [0.05, 0.1) is 5.52 Å². The van der Waals surface area contributed by atoms with Gasteiger partial charge in [0, 0.05) is 29.7 Å². The number of carbonyl (C=O) groups excluding carboxylic acids is 1. The summed E-state index contributed by atoms with van der Waals surface area (Å²) < 4.78 is 0. The molecule has 1 aromatic heterocycles. The molecule has 0 bridgehead atoms. The van der Waals surface area contributed by atoms with Crippen molar-refractivity contribution in [2.24, 2.45) is 0 Å². The van der Waals surface area contributed by atoms with E-state index in [9.17, 15) is 4.79 Å². The lowest BCUT2D eigenvalue weighted by Crippen LogP contribution is -2.19. The van der Waals surface area contributed by atoms with Crippen LogP contribution in [0.25, 0.3) is 10.9 Å². The molecule has 4 rings (SSSR count). The SMILES string of the molecule is Cc1cccc(C(=O)Nc2ccc3c(N4CCCC4)ncnc3c2)c1. The van der Waals surface area contributed by atoms with Crippen molar-refractivity contribution in [2.75, 3.05) is 23.3 Å². The second-order valence-electron chi connectivity index (χ2n) is 6.45. The van der Waals surface area contributed by atoms with E-state index in [0.717, 1.165) is 41.1 Å². The molecular formula is C20H20N4O. The van der Waals surface area contributed by atoms with Crippen molar-refractivity contribution in [1.82, 2.24) is 9.97 Å². The molecule has 0 atom stereocenters. The van der Waals surface area contributed by atoms with Gasteiger partial charge in [-0.2, -0.15) is 0 Å². The minimum atomic E-state index is -0.114. The number of benzene rings is 2. The lowest BCUT2D eigenvalue weighted by Gasteiger charge is -2.18. The fourth-order valence-electron chi connectivity index (χ4n) is 3.29. The first kappa shape index (κ1) is 15.6. The normalized spacial score (nSPS) is 14.0. The van der Waals surface area contributed by atoms with Gasteiger partial charge in [0.15, 0.2) is 0 Å². The fraction of sp³-hybridized carbons (Fsp3) is 0.250. The number of anilines is 2. The Kier molecular flexibility index (Phi) is 4.06. The van der Waals surface area contributed by atoms with Crippen LogP contribution in [0.15, 0.2) is 48.8 Å². The van der Waals surface area contributed by atoms with Crippen LogP contribution in [0.1, 0.15) is 28.8 Å². The average molecular weight is 332 g/mol. The summed E-state index contributed by atoms with van der Waals surface area (Å²) in [6.07, 6.45) is 4.01. The fourth-order valence-corrected chi connectivity index (χ4v) is 3.29. The number of rotatable bonds is 3. The summed E-state index contributed by atoms with van der Waals surface area (Å²) in [6, 6.07) is 13.4. The minimum absolute atomic E-state index is 0.114. The molecule has 1 aliphatic rings. The Morgan fingerprint density at radius 1 is 1.08 bits per heavy atom. The van der Waals surface area contributed by atoms with Crippen molar-refractivity contribution in [1.29, 1.82) is 0 Å². The van der Waals surface area contributed by atoms with Crippen LogP contribution < -0.4 is 10.2 Å². The molecule has 0 spiro atoms. The van der Waals surface area contributed by atoms with E-state index >= 15 is 0 Å². The molecule has 5 heteroatoms. The molecule has 5 nitrogen and oxygen atoms in total. The summed E-state index contributed by atoms with van der Waals surface area (Å²) in [6.45, 7) is 4.06. The van der Waals surface area contributed by atoms with E-state index in [1.54, 1.807) is 6.33 Å². The largest absolute Gasteiger partial charge is 0.356 e. The standard InChI is InChI=1S/C20H20N4O/c1-14-5-4-6-15(11-14)20(25)23-16-7-8-17-18(12-16)21-13-22-19(17)24-9-2-3-10-24/h4-8,11-13H,2-3,9-10H2,1H3,(H,23,25). The van der Waals surface area contributed by atoms with Gasteiger partial charge in [0.2, 0.25) is 0 Å². The Morgan fingerprint density at radius 3 is 2.72 bits per heavy atom. The third-order valence-corrected chi connectivity index (χ3v) is 4.56. The van der Waals surface area contributed by atoms with Crippen LogP contribution in [0, 0.1) is 6.92 Å². The summed E-state index contributed by atoms with van der Waals surface area (Å²) >= 11 is 0. The number of nitrogens with one attached hydrogen (secondary N) is 1. The zero-order valence-electron chi connectivity index (χ0n) is 14.2. The molecule has 0 aliphatic carbocycles. The number of carbonyl (C=O) groups is 1. The van der Waals surface area contributed by atoms with E-state index in [0.29, 0.717) is 5.56 Å². The predicted octanol–water partition coefficient (Wildman–Crippen LogP) is 3.79. The van der Waals surface area contributed by atoms with Gasteiger partial charge >= 0.3 is 0 Å². The highest BCUT2D eigenvalue weighted by Gasteiger charge is 2.16. The van der Waals surface area contributed by atoms with Crippen molar-refractivity contribution in [2.45, 2.75) is 19.8 Å². The Morgan fingerprint density at radius 2 is 1.92 bits per heavy atom. The van der Waals surface area contributed by atoms with Crippen LogP contribution in [0.5, 0.6) is 0 Å². The van der Waals surface area contributed by atoms with E-state index < -0.39 is 0 Å². The number of hydrogen-bond donors (Lipinski definition) is 1. The summed E-state index contributed by atoms with van der Waals surface area (Å²) in [7, 11) is 0. The maximum atomic E-state index is 12.4. The van der Waals surface area contributed by atoms with E-state index in [1.165, 1.54) is 12.8 Å². The molecular weight excluding hydrogens is 312 g/mol. The highest BCUT2D eigenvalue weighted by Crippen LogP contribution is 2.27. The van der Waals surface area contributed by atoms with Gasteiger partial charge in [-0.15, -0.1) is 0 Å². The molecule has 0 saturated carbocycles. The number of aryl methyl sites for hydroxylation is 1. The summed E-state index contributed by atoms with van der Waals surface area (Å²) in [5, 5.41) is 3.98. The molecule has 0 radical (unpaired) electrons. The van der Waals surface area contributed by atoms with Gasteiger partial charge in [-0.05, 0) is 50.1 Å². The number of aromatic nitrogens is 2. The quantitative estimate of drug-likeness (QED) is 0.793. The highest BCUT2D eigenvalue weighted by atomic mass is 16.1. The smallest absolute Gasteiger partial charge is 0.255 e. The molecule has 3 aromatic rings. The van der Waals surface area contributed by atoms with Crippen LogP contribution in [0.3, 0.4) is 0 Å². The van der Waals surface area contributed by atoms with E-state index in [-0.39, 0.29) is 5.91 Å². The predicted molar refractivity (Wildman–Crippen MR) is 100 cm³/mol. The van der Waals surface area contributed by atoms with Gasteiger partial charge in [-0.1, -0.05) is 17.7 Å². The third kappa shape index (κ3) is 3.18. The van der Waals surface area contributed by atoms with Crippen LogP contribution in [0.2, 0.25) is 0 Å². The summed E-state index contributed by atoms with van der Waals surface area (Å²) in [4.78, 5) is 23.6. The summed E-state index contributed by atoms with van der Waals surface area (Å²) in [5.41, 5.74) is 3.30. The van der Waals surface area contributed by atoms with E-state index in [2.05, 4.69) is 20.2 Å². The average Bonchev–Trinajstić information content (AvgIpc) is 3.15. The molecule has 2 heterocycles. The second kappa shape index (κ2) is 6.51. The van der Waals surface area contributed by atoms with E-state index in [1.807, 2.05) is 49.4 Å².